The van der Waals surface area contributed by atoms with E-state index >= 15 is 0 Å². The van der Waals surface area contributed by atoms with Crippen molar-refractivity contribution in [2.45, 2.75) is 13.5 Å². The average molecular weight is 507 g/mol. The number of para-hydroxylation sites is 1. The van der Waals surface area contributed by atoms with Gasteiger partial charge in [0.15, 0.2) is 5.17 Å². The second kappa shape index (κ2) is 11.3. The maximum atomic E-state index is 12.9. The van der Waals surface area contributed by atoms with Crippen LogP contribution in [0.25, 0.3) is 6.08 Å². The first-order valence-corrected chi connectivity index (χ1v) is 12.1. The predicted octanol–water partition coefficient (Wildman–Crippen LogP) is 6.33. The van der Waals surface area contributed by atoms with Crippen LogP contribution in [-0.4, -0.2) is 35.6 Å². The molecule has 1 heterocycles. The van der Waals surface area contributed by atoms with Crippen molar-refractivity contribution in [1.29, 1.82) is 0 Å². The first-order chi connectivity index (χ1) is 17.0. The minimum absolute atomic E-state index is 0.155. The van der Waals surface area contributed by atoms with E-state index < -0.39 is 0 Å². The number of halogens is 1. The number of carbonyl (C=O) groups is 2. The average Bonchev–Trinajstić information content (AvgIpc) is 3.12. The molecule has 0 spiro atoms. The summed E-state index contributed by atoms with van der Waals surface area (Å²) in [7, 11) is 1.68. The first kappa shape index (κ1) is 24.6. The van der Waals surface area contributed by atoms with Crippen LogP contribution < -0.4 is 4.74 Å². The molecule has 6 nitrogen and oxygen atoms in total. The lowest BCUT2D eigenvalue weighted by Gasteiger charge is -2.10. The highest BCUT2D eigenvalue weighted by Gasteiger charge is 2.30. The van der Waals surface area contributed by atoms with Gasteiger partial charge in [-0.05, 0) is 61.2 Å². The van der Waals surface area contributed by atoms with E-state index in [1.54, 1.807) is 44.3 Å². The van der Waals surface area contributed by atoms with Gasteiger partial charge in [-0.3, -0.25) is 9.69 Å². The number of ether oxygens (including phenoxy) is 2. The SMILES string of the molecule is CCOC(=O)c1ccc(N=C2SC(=Cc3ccccc3OCc3ccccc3Cl)C(=O)N2C)cc1. The summed E-state index contributed by atoms with van der Waals surface area (Å²) in [5, 5.41) is 1.18. The number of likely N-dealkylation sites (N-methyl/N-ethyl adjacent to an activating group) is 1. The number of hydrogen-bond acceptors (Lipinski definition) is 6. The summed E-state index contributed by atoms with van der Waals surface area (Å²) in [5.41, 5.74) is 2.74. The number of amidine groups is 1. The summed E-state index contributed by atoms with van der Waals surface area (Å²) in [6.07, 6.45) is 1.80. The number of rotatable bonds is 7. The molecule has 1 amide bonds. The Morgan fingerprint density at radius 1 is 1.06 bits per heavy atom. The molecule has 1 fully saturated rings. The van der Waals surface area contributed by atoms with Gasteiger partial charge in [0.05, 0.1) is 22.8 Å². The van der Waals surface area contributed by atoms with Crippen molar-refractivity contribution in [2.24, 2.45) is 4.99 Å². The number of nitrogens with zero attached hydrogens (tertiary/aromatic N) is 2. The third kappa shape index (κ3) is 5.93. The molecule has 0 saturated carbocycles. The Labute approximate surface area is 213 Å². The quantitative estimate of drug-likeness (QED) is 0.276. The lowest BCUT2D eigenvalue weighted by atomic mass is 10.1. The number of hydrogen-bond donors (Lipinski definition) is 0. The molecule has 0 aliphatic carbocycles. The van der Waals surface area contributed by atoms with Crippen molar-refractivity contribution in [3.63, 3.8) is 0 Å². The van der Waals surface area contributed by atoms with Crippen molar-refractivity contribution in [1.82, 2.24) is 4.90 Å². The highest BCUT2D eigenvalue weighted by atomic mass is 35.5. The van der Waals surface area contributed by atoms with Gasteiger partial charge < -0.3 is 9.47 Å². The van der Waals surface area contributed by atoms with Crippen LogP contribution in [-0.2, 0) is 16.1 Å². The number of thioether (sulfide) groups is 1. The van der Waals surface area contributed by atoms with Crippen molar-refractivity contribution < 1.29 is 19.1 Å². The van der Waals surface area contributed by atoms with Crippen molar-refractivity contribution >= 4 is 52.2 Å². The summed E-state index contributed by atoms with van der Waals surface area (Å²) in [6.45, 7) is 2.39. The van der Waals surface area contributed by atoms with E-state index in [0.717, 1.165) is 11.1 Å². The van der Waals surface area contributed by atoms with E-state index in [9.17, 15) is 9.59 Å². The summed E-state index contributed by atoms with van der Waals surface area (Å²) >= 11 is 7.52. The summed E-state index contributed by atoms with van der Waals surface area (Å²) in [6, 6.07) is 21.8. The van der Waals surface area contributed by atoms with Crippen LogP contribution in [0.15, 0.2) is 82.7 Å². The third-order valence-electron chi connectivity index (χ3n) is 5.15. The van der Waals surface area contributed by atoms with Crippen LogP contribution in [0.1, 0.15) is 28.4 Å². The fourth-order valence-corrected chi connectivity index (χ4v) is 4.46. The Bertz CT molecular complexity index is 1300. The van der Waals surface area contributed by atoms with Gasteiger partial charge in [0, 0.05) is 23.2 Å². The van der Waals surface area contributed by atoms with Gasteiger partial charge in [-0.1, -0.05) is 48.0 Å². The first-order valence-electron chi connectivity index (χ1n) is 10.9. The van der Waals surface area contributed by atoms with Crippen molar-refractivity contribution in [3.8, 4) is 5.75 Å². The number of amides is 1. The Kier molecular flexibility index (Phi) is 7.90. The van der Waals surface area contributed by atoms with E-state index in [-0.39, 0.29) is 11.9 Å². The number of aliphatic imine (C=N–C) groups is 1. The normalized spacial score (nSPS) is 15.6. The summed E-state index contributed by atoms with van der Waals surface area (Å²) in [5.74, 6) is 0.114. The molecule has 3 aromatic rings. The second-order valence-electron chi connectivity index (χ2n) is 7.55. The van der Waals surface area contributed by atoms with Gasteiger partial charge in [-0.25, -0.2) is 9.79 Å². The fraction of sp³-hybridized carbons (Fsp3) is 0.148. The molecule has 0 radical (unpaired) electrons. The zero-order valence-electron chi connectivity index (χ0n) is 19.2. The van der Waals surface area contributed by atoms with E-state index in [2.05, 4.69) is 4.99 Å². The Morgan fingerprint density at radius 3 is 2.51 bits per heavy atom. The van der Waals surface area contributed by atoms with Gasteiger partial charge >= 0.3 is 5.97 Å². The zero-order valence-corrected chi connectivity index (χ0v) is 20.8. The maximum Gasteiger partial charge on any atom is 0.338 e. The molecule has 0 unspecified atom stereocenters. The highest BCUT2D eigenvalue weighted by Crippen LogP contribution is 2.35. The van der Waals surface area contributed by atoms with Gasteiger partial charge in [0.1, 0.15) is 12.4 Å². The van der Waals surface area contributed by atoms with Crippen LogP contribution >= 0.6 is 23.4 Å². The summed E-state index contributed by atoms with van der Waals surface area (Å²) in [4.78, 5) is 31.4. The lowest BCUT2D eigenvalue weighted by molar-refractivity contribution is -0.121. The van der Waals surface area contributed by atoms with Crippen LogP contribution in [0.2, 0.25) is 5.02 Å². The minimum Gasteiger partial charge on any atom is -0.488 e. The van der Waals surface area contributed by atoms with Crippen LogP contribution in [0, 0.1) is 0 Å². The lowest BCUT2D eigenvalue weighted by Crippen LogP contribution is -2.23. The number of carbonyl (C=O) groups excluding carboxylic acids is 2. The van der Waals surface area contributed by atoms with E-state index in [0.29, 0.717) is 45.3 Å². The largest absolute Gasteiger partial charge is 0.488 e. The zero-order chi connectivity index (χ0) is 24.8. The fourth-order valence-electron chi connectivity index (χ4n) is 3.29. The molecule has 1 aliphatic rings. The standard InChI is InChI=1S/C27H23ClN2O4S/c1-3-33-26(32)18-12-14-21(15-13-18)29-27-30(2)25(31)24(35-27)16-19-8-5-7-11-23(19)34-17-20-9-4-6-10-22(20)28/h4-16H,3,17H2,1-2H3. The highest BCUT2D eigenvalue weighted by molar-refractivity contribution is 8.18. The Balaban J connectivity index is 1.52. The molecule has 0 atom stereocenters. The van der Waals surface area contributed by atoms with Gasteiger partial charge in [0.25, 0.3) is 5.91 Å². The Morgan fingerprint density at radius 2 is 1.77 bits per heavy atom. The predicted molar refractivity (Wildman–Crippen MR) is 140 cm³/mol. The third-order valence-corrected chi connectivity index (χ3v) is 6.58. The topological polar surface area (TPSA) is 68.2 Å². The van der Waals surface area contributed by atoms with Crippen LogP contribution in [0.3, 0.4) is 0 Å². The minimum atomic E-state index is -0.380. The molecule has 0 aromatic heterocycles. The molecular formula is C27H23ClN2O4S. The van der Waals surface area contributed by atoms with E-state index in [1.807, 2.05) is 48.5 Å². The molecule has 1 aliphatic heterocycles. The summed E-state index contributed by atoms with van der Waals surface area (Å²) < 4.78 is 11.0. The smallest absolute Gasteiger partial charge is 0.338 e. The van der Waals surface area contributed by atoms with Crippen LogP contribution in [0.5, 0.6) is 5.75 Å². The molecule has 0 N–H and O–H groups in total. The second-order valence-corrected chi connectivity index (χ2v) is 8.97. The Hall–Kier alpha value is -3.55. The van der Waals surface area contributed by atoms with Crippen molar-refractivity contribution in [2.75, 3.05) is 13.7 Å². The molecular weight excluding hydrogens is 484 g/mol. The molecule has 8 heteroatoms. The van der Waals surface area contributed by atoms with Crippen molar-refractivity contribution in [3.05, 3.63) is 99.4 Å². The molecule has 35 heavy (non-hydrogen) atoms. The number of benzene rings is 3. The molecule has 4 rings (SSSR count). The van der Waals surface area contributed by atoms with Gasteiger partial charge in [-0.2, -0.15) is 0 Å². The van der Waals surface area contributed by atoms with E-state index in [1.165, 1.54) is 16.7 Å². The molecule has 1 saturated heterocycles. The van der Waals surface area contributed by atoms with E-state index in [4.69, 9.17) is 21.1 Å². The molecule has 0 bridgehead atoms. The maximum absolute atomic E-state index is 12.9. The van der Waals surface area contributed by atoms with Gasteiger partial charge in [-0.15, -0.1) is 0 Å². The monoisotopic (exact) mass is 506 g/mol. The van der Waals surface area contributed by atoms with Crippen LogP contribution in [0.4, 0.5) is 5.69 Å². The molecule has 3 aromatic carbocycles. The molecule has 178 valence electrons. The number of esters is 1. The van der Waals surface area contributed by atoms with Gasteiger partial charge in [0.2, 0.25) is 0 Å².